The van der Waals surface area contributed by atoms with Crippen molar-refractivity contribution < 1.29 is 13.2 Å². The Morgan fingerprint density at radius 2 is 1.74 bits per heavy atom. The average Bonchev–Trinajstić information content (AvgIpc) is 2.27. The zero-order chi connectivity index (χ0) is 15.0. The molecule has 0 aromatic heterocycles. The van der Waals surface area contributed by atoms with Gasteiger partial charge in [-0.05, 0) is 19.2 Å². The van der Waals surface area contributed by atoms with Crippen molar-refractivity contribution >= 4 is 39.0 Å². The van der Waals surface area contributed by atoms with E-state index in [1.165, 1.54) is 19.2 Å². The molecular formula is C12H15Cl2NO3S. The van der Waals surface area contributed by atoms with E-state index in [1.54, 1.807) is 20.8 Å². The van der Waals surface area contributed by atoms with Gasteiger partial charge in [-0.25, -0.2) is 13.1 Å². The standard InChI is InChI=1S/C12H15Cl2NO3S/c1-12(2,3)11(16)9-7(13)5-6-8(10(9)14)19(17,18)15-4/h5-6,15H,1-4H3. The van der Waals surface area contributed by atoms with Crippen molar-refractivity contribution in [1.82, 2.24) is 4.72 Å². The monoisotopic (exact) mass is 323 g/mol. The van der Waals surface area contributed by atoms with E-state index in [-0.39, 0.29) is 26.3 Å². The summed E-state index contributed by atoms with van der Waals surface area (Å²) in [4.78, 5) is 12.1. The lowest BCUT2D eigenvalue weighted by Crippen LogP contribution is -2.23. The fraction of sp³-hybridized carbons (Fsp3) is 0.417. The van der Waals surface area contributed by atoms with E-state index in [4.69, 9.17) is 23.2 Å². The second kappa shape index (κ2) is 5.40. The molecule has 19 heavy (non-hydrogen) atoms. The number of Topliss-reactive ketones (excluding diaryl/α,β-unsaturated/α-hetero) is 1. The molecule has 0 spiro atoms. The molecule has 0 saturated heterocycles. The summed E-state index contributed by atoms with van der Waals surface area (Å²) in [6.45, 7) is 5.13. The van der Waals surface area contributed by atoms with Gasteiger partial charge in [0.05, 0.1) is 15.6 Å². The summed E-state index contributed by atoms with van der Waals surface area (Å²) in [5.74, 6) is -0.310. The number of benzene rings is 1. The Hall–Kier alpha value is -0.620. The number of rotatable bonds is 3. The highest BCUT2D eigenvalue weighted by molar-refractivity contribution is 7.89. The third kappa shape index (κ3) is 3.28. The van der Waals surface area contributed by atoms with Crippen LogP contribution in [0, 0.1) is 5.41 Å². The van der Waals surface area contributed by atoms with E-state index in [2.05, 4.69) is 4.72 Å². The van der Waals surface area contributed by atoms with Crippen molar-refractivity contribution in [3.8, 4) is 0 Å². The second-order valence-electron chi connectivity index (χ2n) is 5.02. The molecule has 1 N–H and O–H groups in total. The molecule has 1 aromatic rings. The maximum Gasteiger partial charge on any atom is 0.241 e. The minimum absolute atomic E-state index is 0.0344. The molecule has 0 saturated carbocycles. The molecule has 0 aliphatic rings. The lowest BCUT2D eigenvalue weighted by molar-refractivity contribution is 0.0858. The van der Waals surface area contributed by atoms with E-state index in [9.17, 15) is 13.2 Å². The molecule has 0 amide bonds. The number of hydrogen-bond donors (Lipinski definition) is 1. The van der Waals surface area contributed by atoms with Gasteiger partial charge < -0.3 is 0 Å². The SMILES string of the molecule is CNS(=O)(=O)c1ccc(Cl)c(C(=O)C(C)(C)C)c1Cl. The van der Waals surface area contributed by atoms with Gasteiger partial charge in [0.1, 0.15) is 4.90 Å². The van der Waals surface area contributed by atoms with E-state index in [0.717, 1.165) is 0 Å². The third-order valence-electron chi connectivity index (χ3n) is 2.52. The Labute approximate surface area is 123 Å². The van der Waals surface area contributed by atoms with Crippen LogP contribution < -0.4 is 4.72 Å². The Morgan fingerprint density at radius 3 is 2.16 bits per heavy atom. The van der Waals surface area contributed by atoms with Gasteiger partial charge in [-0.1, -0.05) is 44.0 Å². The third-order valence-corrected chi connectivity index (χ3v) is 4.80. The van der Waals surface area contributed by atoms with E-state index < -0.39 is 15.4 Å². The van der Waals surface area contributed by atoms with E-state index in [0.29, 0.717) is 0 Å². The maximum atomic E-state index is 12.3. The van der Waals surface area contributed by atoms with Crippen molar-refractivity contribution in [3.63, 3.8) is 0 Å². The average molecular weight is 324 g/mol. The van der Waals surface area contributed by atoms with Gasteiger partial charge in [-0.2, -0.15) is 0 Å². The number of halogens is 2. The Bertz CT molecular complexity index is 619. The van der Waals surface area contributed by atoms with Crippen LogP contribution in [0.1, 0.15) is 31.1 Å². The van der Waals surface area contributed by atoms with Crippen molar-refractivity contribution in [1.29, 1.82) is 0 Å². The van der Waals surface area contributed by atoms with Crippen LogP contribution in [0.25, 0.3) is 0 Å². The van der Waals surface area contributed by atoms with E-state index in [1.807, 2.05) is 0 Å². The number of nitrogens with one attached hydrogen (secondary N) is 1. The van der Waals surface area contributed by atoms with Crippen LogP contribution in [0.5, 0.6) is 0 Å². The molecular weight excluding hydrogens is 309 g/mol. The van der Waals surface area contributed by atoms with Crippen LogP contribution in [0.4, 0.5) is 0 Å². The molecule has 0 radical (unpaired) electrons. The summed E-state index contributed by atoms with van der Waals surface area (Å²) in [5, 5.41) is -0.0123. The zero-order valence-corrected chi connectivity index (χ0v) is 13.4. The molecule has 0 atom stereocenters. The summed E-state index contributed by atoms with van der Waals surface area (Å²) in [6, 6.07) is 2.63. The van der Waals surface area contributed by atoms with Crippen molar-refractivity contribution in [2.45, 2.75) is 25.7 Å². The summed E-state index contributed by atoms with van der Waals surface area (Å²) < 4.78 is 25.8. The van der Waals surface area contributed by atoms with Crippen molar-refractivity contribution in [2.75, 3.05) is 7.05 Å². The fourth-order valence-electron chi connectivity index (χ4n) is 1.43. The van der Waals surface area contributed by atoms with Gasteiger partial charge in [0.25, 0.3) is 0 Å². The minimum Gasteiger partial charge on any atom is -0.293 e. The first kappa shape index (κ1) is 16.4. The Kier molecular flexibility index (Phi) is 4.67. The Morgan fingerprint density at radius 1 is 1.21 bits per heavy atom. The number of ketones is 1. The minimum atomic E-state index is -3.74. The van der Waals surface area contributed by atoms with Crippen LogP contribution in [-0.4, -0.2) is 21.2 Å². The van der Waals surface area contributed by atoms with Gasteiger partial charge in [0.2, 0.25) is 10.0 Å². The number of carbonyl (C=O) groups is 1. The topological polar surface area (TPSA) is 63.2 Å². The molecule has 0 bridgehead atoms. The molecule has 1 rings (SSSR count). The van der Waals surface area contributed by atoms with Crippen LogP contribution in [-0.2, 0) is 10.0 Å². The number of carbonyl (C=O) groups excluding carboxylic acids is 1. The fourth-order valence-corrected chi connectivity index (χ4v) is 3.09. The van der Waals surface area contributed by atoms with Crippen LogP contribution in [0.15, 0.2) is 17.0 Å². The first-order valence-electron chi connectivity index (χ1n) is 5.48. The van der Waals surface area contributed by atoms with E-state index >= 15 is 0 Å². The highest BCUT2D eigenvalue weighted by Gasteiger charge is 2.30. The van der Waals surface area contributed by atoms with Gasteiger partial charge in [0, 0.05) is 5.41 Å². The molecule has 4 nitrogen and oxygen atoms in total. The quantitative estimate of drug-likeness (QED) is 0.869. The highest BCUT2D eigenvalue weighted by atomic mass is 35.5. The molecule has 7 heteroatoms. The van der Waals surface area contributed by atoms with Crippen LogP contribution >= 0.6 is 23.2 Å². The lowest BCUT2D eigenvalue weighted by Gasteiger charge is -2.19. The van der Waals surface area contributed by atoms with Gasteiger partial charge in [-0.15, -0.1) is 0 Å². The normalized spacial score (nSPS) is 12.5. The second-order valence-corrected chi connectivity index (χ2v) is 7.66. The van der Waals surface area contributed by atoms with Crippen molar-refractivity contribution in [2.24, 2.45) is 5.41 Å². The molecule has 0 aliphatic heterocycles. The van der Waals surface area contributed by atoms with Gasteiger partial charge >= 0.3 is 0 Å². The molecule has 0 aliphatic carbocycles. The number of hydrogen-bond acceptors (Lipinski definition) is 3. The molecule has 0 fully saturated rings. The molecule has 1 aromatic carbocycles. The zero-order valence-electron chi connectivity index (χ0n) is 11.0. The predicted molar refractivity (Wildman–Crippen MR) is 76.5 cm³/mol. The highest BCUT2D eigenvalue weighted by Crippen LogP contribution is 2.35. The lowest BCUT2D eigenvalue weighted by atomic mass is 9.86. The first-order chi connectivity index (χ1) is 8.52. The summed E-state index contributed by atoms with van der Waals surface area (Å²) in [6.07, 6.45) is 0. The summed E-state index contributed by atoms with van der Waals surface area (Å²) in [5.41, 5.74) is -0.679. The van der Waals surface area contributed by atoms with Crippen LogP contribution in [0.3, 0.4) is 0 Å². The maximum absolute atomic E-state index is 12.3. The number of sulfonamides is 1. The Balaban J connectivity index is 3.60. The largest absolute Gasteiger partial charge is 0.293 e. The van der Waals surface area contributed by atoms with Gasteiger partial charge in [-0.3, -0.25) is 4.79 Å². The molecule has 106 valence electrons. The summed E-state index contributed by atoms with van der Waals surface area (Å²) in [7, 11) is -2.47. The molecule has 0 heterocycles. The van der Waals surface area contributed by atoms with Crippen molar-refractivity contribution in [3.05, 3.63) is 27.7 Å². The first-order valence-corrected chi connectivity index (χ1v) is 7.72. The molecule has 0 unspecified atom stereocenters. The predicted octanol–water partition coefficient (Wildman–Crippen LogP) is 3.13. The van der Waals surface area contributed by atoms with Crippen LogP contribution in [0.2, 0.25) is 10.0 Å². The summed E-state index contributed by atoms with van der Waals surface area (Å²) >= 11 is 12.0. The van der Waals surface area contributed by atoms with Gasteiger partial charge in [0.15, 0.2) is 5.78 Å². The smallest absolute Gasteiger partial charge is 0.241 e.